The van der Waals surface area contributed by atoms with Crippen LogP contribution in [0.3, 0.4) is 0 Å². The van der Waals surface area contributed by atoms with Crippen molar-refractivity contribution >= 4 is 17.2 Å². The second-order valence-electron chi connectivity index (χ2n) is 6.77. The molecule has 1 amide bonds. The van der Waals surface area contributed by atoms with Gasteiger partial charge in [-0.1, -0.05) is 6.07 Å². The Bertz CT molecular complexity index is 1020. The lowest BCUT2D eigenvalue weighted by Crippen LogP contribution is -2.41. The average molecular weight is 395 g/mol. The molecule has 144 valence electrons. The lowest BCUT2D eigenvalue weighted by Gasteiger charge is -2.32. The van der Waals surface area contributed by atoms with Gasteiger partial charge in [0.05, 0.1) is 18.8 Å². The van der Waals surface area contributed by atoms with E-state index in [1.807, 2.05) is 33.9 Å². The van der Waals surface area contributed by atoms with Crippen molar-refractivity contribution < 1.29 is 9.53 Å². The minimum absolute atomic E-state index is 0.000412. The Morgan fingerprint density at radius 1 is 1.18 bits per heavy atom. The number of likely N-dealkylation sites (tertiary alicyclic amines) is 1. The molecule has 0 saturated carbocycles. The van der Waals surface area contributed by atoms with Gasteiger partial charge in [0.15, 0.2) is 0 Å². The molecule has 1 fully saturated rings. The van der Waals surface area contributed by atoms with Gasteiger partial charge >= 0.3 is 0 Å². The molecular weight excluding hydrogens is 374 g/mol. The quantitative estimate of drug-likeness (QED) is 0.679. The van der Waals surface area contributed by atoms with Crippen LogP contribution in [0.2, 0.25) is 0 Å². The molecule has 2 aromatic heterocycles. The minimum atomic E-state index is -0.100. The molecule has 0 spiro atoms. The molecule has 0 atom stereocenters. The molecule has 6 nitrogen and oxygen atoms in total. The monoisotopic (exact) mass is 395 g/mol. The summed E-state index contributed by atoms with van der Waals surface area (Å²) in [5.74, 6) is 0.659. The minimum Gasteiger partial charge on any atom is -0.497 e. The van der Waals surface area contributed by atoms with Crippen LogP contribution >= 0.6 is 11.3 Å². The zero-order valence-corrected chi connectivity index (χ0v) is 16.4. The van der Waals surface area contributed by atoms with Crippen LogP contribution in [0, 0.1) is 0 Å². The molecular formula is C21H21N3O3S. The lowest BCUT2D eigenvalue weighted by molar-refractivity contribution is 0.0687. The van der Waals surface area contributed by atoms with Gasteiger partial charge in [0.25, 0.3) is 11.5 Å². The van der Waals surface area contributed by atoms with Crippen molar-refractivity contribution in [2.45, 2.75) is 18.9 Å². The summed E-state index contributed by atoms with van der Waals surface area (Å²) in [6, 6.07) is 12.5. The third kappa shape index (κ3) is 3.71. The Labute approximate surface area is 167 Å². The van der Waals surface area contributed by atoms with Crippen LogP contribution in [0.4, 0.5) is 0 Å². The number of nitrogens with zero attached hydrogens (tertiary/aromatic N) is 3. The molecule has 3 aromatic rings. The fourth-order valence-corrected chi connectivity index (χ4v) is 4.15. The topological polar surface area (TPSA) is 64.4 Å². The third-order valence-electron chi connectivity index (χ3n) is 5.06. The van der Waals surface area contributed by atoms with Gasteiger partial charge in [-0.15, -0.1) is 0 Å². The smallest absolute Gasteiger partial charge is 0.267 e. The normalized spacial score (nSPS) is 14.8. The van der Waals surface area contributed by atoms with Gasteiger partial charge in [0.2, 0.25) is 0 Å². The van der Waals surface area contributed by atoms with Crippen LogP contribution in [0.5, 0.6) is 5.75 Å². The average Bonchev–Trinajstić information content (AvgIpc) is 3.29. The van der Waals surface area contributed by atoms with E-state index in [1.54, 1.807) is 47.4 Å². The number of piperidine rings is 1. The molecule has 1 aliphatic heterocycles. The molecule has 1 saturated heterocycles. The van der Waals surface area contributed by atoms with Crippen molar-refractivity contribution in [3.05, 3.63) is 69.1 Å². The standard InChI is InChI=1S/C21H21N3O3S/c1-27-18-4-2-3-15(13-18)21(26)23-10-7-17(8-11-23)24-20(25)6-5-19(22-24)16-9-12-28-14-16/h2-6,9,12-14,17H,7-8,10-11H2,1H3. The predicted molar refractivity (Wildman–Crippen MR) is 109 cm³/mol. The van der Waals surface area contributed by atoms with E-state index in [2.05, 4.69) is 5.10 Å². The van der Waals surface area contributed by atoms with Gasteiger partial charge in [-0.05, 0) is 48.6 Å². The molecule has 3 heterocycles. The maximum absolute atomic E-state index is 12.8. The molecule has 0 radical (unpaired) electrons. The number of hydrogen-bond acceptors (Lipinski definition) is 5. The van der Waals surface area contributed by atoms with E-state index in [0.29, 0.717) is 37.2 Å². The van der Waals surface area contributed by atoms with Crippen molar-refractivity contribution in [3.63, 3.8) is 0 Å². The molecule has 0 unspecified atom stereocenters. The Hall–Kier alpha value is -2.93. The fourth-order valence-electron chi connectivity index (χ4n) is 3.50. The second-order valence-corrected chi connectivity index (χ2v) is 7.55. The number of hydrogen-bond donors (Lipinski definition) is 0. The summed E-state index contributed by atoms with van der Waals surface area (Å²) in [6.07, 6.45) is 1.41. The van der Waals surface area contributed by atoms with E-state index < -0.39 is 0 Å². The van der Waals surface area contributed by atoms with Crippen molar-refractivity contribution in [2.75, 3.05) is 20.2 Å². The summed E-state index contributed by atoms with van der Waals surface area (Å²) in [7, 11) is 1.59. The number of carbonyl (C=O) groups excluding carboxylic acids is 1. The lowest BCUT2D eigenvalue weighted by atomic mass is 10.0. The van der Waals surface area contributed by atoms with Gasteiger partial charge in [-0.3, -0.25) is 9.59 Å². The molecule has 1 aromatic carbocycles. The number of amides is 1. The van der Waals surface area contributed by atoms with Crippen molar-refractivity contribution in [3.8, 4) is 17.0 Å². The summed E-state index contributed by atoms with van der Waals surface area (Å²) in [5.41, 5.74) is 2.34. The molecule has 0 N–H and O–H groups in total. The van der Waals surface area contributed by atoms with Gasteiger partial charge in [0, 0.05) is 35.7 Å². The van der Waals surface area contributed by atoms with E-state index >= 15 is 0 Å². The summed E-state index contributed by atoms with van der Waals surface area (Å²) >= 11 is 1.60. The van der Waals surface area contributed by atoms with E-state index in [1.165, 1.54) is 0 Å². The maximum Gasteiger partial charge on any atom is 0.267 e. The molecule has 0 aliphatic carbocycles. The highest BCUT2D eigenvalue weighted by Gasteiger charge is 2.26. The molecule has 0 bridgehead atoms. The van der Waals surface area contributed by atoms with Crippen LogP contribution < -0.4 is 10.3 Å². The third-order valence-corrected chi connectivity index (χ3v) is 5.74. The fraction of sp³-hybridized carbons (Fsp3) is 0.286. The number of ether oxygens (including phenoxy) is 1. The Balaban J connectivity index is 1.48. The number of carbonyl (C=O) groups is 1. The summed E-state index contributed by atoms with van der Waals surface area (Å²) < 4.78 is 6.79. The zero-order valence-electron chi connectivity index (χ0n) is 15.6. The second kappa shape index (κ2) is 7.98. The van der Waals surface area contributed by atoms with Crippen molar-refractivity contribution in [1.29, 1.82) is 0 Å². The largest absolute Gasteiger partial charge is 0.497 e. The van der Waals surface area contributed by atoms with Gasteiger partial charge in [-0.2, -0.15) is 16.4 Å². The number of thiophene rings is 1. The maximum atomic E-state index is 12.8. The number of benzene rings is 1. The van der Waals surface area contributed by atoms with Gasteiger partial charge in [0.1, 0.15) is 5.75 Å². The number of methoxy groups -OCH3 is 1. The van der Waals surface area contributed by atoms with E-state index in [0.717, 1.165) is 11.3 Å². The van der Waals surface area contributed by atoms with Gasteiger partial charge < -0.3 is 9.64 Å². The SMILES string of the molecule is COc1cccc(C(=O)N2CCC(n3nc(-c4ccsc4)ccc3=O)CC2)c1. The Kier molecular flexibility index (Phi) is 5.25. The van der Waals surface area contributed by atoms with Crippen LogP contribution in [-0.4, -0.2) is 40.8 Å². The number of rotatable bonds is 4. The van der Waals surface area contributed by atoms with E-state index in [9.17, 15) is 9.59 Å². The summed E-state index contributed by atoms with van der Waals surface area (Å²) in [5, 5.41) is 8.60. The summed E-state index contributed by atoms with van der Waals surface area (Å²) in [4.78, 5) is 27.0. The Morgan fingerprint density at radius 2 is 2.00 bits per heavy atom. The highest BCUT2D eigenvalue weighted by Crippen LogP contribution is 2.24. The first kappa shape index (κ1) is 18.4. The zero-order chi connectivity index (χ0) is 19.5. The highest BCUT2D eigenvalue weighted by molar-refractivity contribution is 7.08. The van der Waals surface area contributed by atoms with E-state index in [-0.39, 0.29) is 17.5 Å². The van der Waals surface area contributed by atoms with Crippen molar-refractivity contribution in [2.24, 2.45) is 0 Å². The highest BCUT2D eigenvalue weighted by atomic mass is 32.1. The first-order valence-electron chi connectivity index (χ1n) is 9.21. The van der Waals surface area contributed by atoms with Gasteiger partial charge in [-0.25, -0.2) is 4.68 Å². The summed E-state index contributed by atoms with van der Waals surface area (Å²) in [6.45, 7) is 1.19. The Morgan fingerprint density at radius 3 is 2.71 bits per heavy atom. The van der Waals surface area contributed by atoms with E-state index in [4.69, 9.17) is 4.74 Å². The molecule has 28 heavy (non-hydrogen) atoms. The van der Waals surface area contributed by atoms with Crippen LogP contribution in [0.1, 0.15) is 29.2 Å². The first-order valence-corrected chi connectivity index (χ1v) is 10.2. The first-order chi connectivity index (χ1) is 13.7. The molecule has 1 aliphatic rings. The molecule has 4 rings (SSSR count). The number of aromatic nitrogens is 2. The van der Waals surface area contributed by atoms with Crippen LogP contribution in [0.15, 0.2) is 58.0 Å². The van der Waals surface area contributed by atoms with Crippen LogP contribution in [-0.2, 0) is 0 Å². The molecule has 7 heteroatoms. The van der Waals surface area contributed by atoms with Crippen molar-refractivity contribution in [1.82, 2.24) is 14.7 Å². The predicted octanol–water partition coefficient (Wildman–Crippen LogP) is 3.46. The van der Waals surface area contributed by atoms with Crippen LogP contribution in [0.25, 0.3) is 11.3 Å².